The Morgan fingerprint density at radius 2 is 2.22 bits per heavy atom. The Labute approximate surface area is 105 Å². The van der Waals surface area contributed by atoms with Crippen molar-refractivity contribution in [2.24, 2.45) is 0 Å². The SMILES string of the molecule is CCN(CC)c1cnc2n(c1=O)[C@H](C(=O)O)CC2. The Bertz CT molecular complexity index is 520. The number of carboxylic acids is 1. The molecule has 2 rings (SSSR count). The minimum absolute atomic E-state index is 0.242. The summed E-state index contributed by atoms with van der Waals surface area (Å²) in [5, 5.41) is 9.13. The van der Waals surface area contributed by atoms with Crippen molar-refractivity contribution in [3.05, 3.63) is 22.4 Å². The first-order valence-corrected chi connectivity index (χ1v) is 6.18. The van der Waals surface area contributed by atoms with Crippen molar-refractivity contribution in [2.75, 3.05) is 18.0 Å². The van der Waals surface area contributed by atoms with Crippen LogP contribution in [0.15, 0.2) is 11.0 Å². The normalized spacial score (nSPS) is 17.6. The van der Waals surface area contributed by atoms with Crippen LogP contribution in [-0.2, 0) is 11.2 Å². The summed E-state index contributed by atoms with van der Waals surface area (Å²) in [5.74, 6) is -0.391. The molecular weight excluding hydrogens is 234 g/mol. The van der Waals surface area contributed by atoms with Crippen LogP contribution in [0.3, 0.4) is 0 Å². The van der Waals surface area contributed by atoms with Crippen molar-refractivity contribution in [1.29, 1.82) is 0 Å². The van der Waals surface area contributed by atoms with E-state index in [-0.39, 0.29) is 5.56 Å². The third kappa shape index (κ3) is 1.87. The molecule has 1 atom stereocenters. The number of hydrogen-bond acceptors (Lipinski definition) is 4. The summed E-state index contributed by atoms with van der Waals surface area (Å²) in [5.41, 5.74) is 0.241. The van der Waals surface area contributed by atoms with Crippen LogP contribution in [0.1, 0.15) is 32.1 Å². The summed E-state index contributed by atoms with van der Waals surface area (Å²) in [6.45, 7) is 5.31. The second-order valence-electron chi connectivity index (χ2n) is 4.30. The average Bonchev–Trinajstić information content (AvgIpc) is 2.78. The maximum Gasteiger partial charge on any atom is 0.326 e. The highest BCUT2D eigenvalue weighted by atomic mass is 16.4. The molecule has 1 aliphatic rings. The van der Waals surface area contributed by atoms with E-state index in [1.165, 1.54) is 4.57 Å². The van der Waals surface area contributed by atoms with Crippen molar-refractivity contribution in [3.8, 4) is 0 Å². The van der Waals surface area contributed by atoms with Crippen LogP contribution < -0.4 is 10.5 Å². The van der Waals surface area contributed by atoms with Crippen LogP contribution in [0.4, 0.5) is 5.69 Å². The molecule has 0 aromatic carbocycles. The van der Waals surface area contributed by atoms with E-state index in [0.717, 1.165) is 0 Å². The molecule has 6 heteroatoms. The molecule has 2 heterocycles. The van der Waals surface area contributed by atoms with Gasteiger partial charge in [0.15, 0.2) is 0 Å². The number of carbonyl (C=O) groups is 1. The van der Waals surface area contributed by atoms with Gasteiger partial charge in [0.2, 0.25) is 0 Å². The van der Waals surface area contributed by atoms with E-state index in [1.807, 2.05) is 18.7 Å². The largest absolute Gasteiger partial charge is 0.480 e. The van der Waals surface area contributed by atoms with Gasteiger partial charge in [0.1, 0.15) is 17.6 Å². The fraction of sp³-hybridized carbons (Fsp3) is 0.583. The zero-order chi connectivity index (χ0) is 13.3. The second-order valence-corrected chi connectivity index (χ2v) is 4.30. The molecule has 0 amide bonds. The molecule has 0 bridgehead atoms. The Hall–Kier alpha value is -1.85. The molecule has 18 heavy (non-hydrogen) atoms. The predicted octanol–water partition coefficient (Wildman–Crippen LogP) is 0.661. The second kappa shape index (κ2) is 4.80. The smallest absolute Gasteiger partial charge is 0.326 e. The van der Waals surface area contributed by atoms with Crippen molar-refractivity contribution < 1.29 is 9.90 Å². The third-order valence-corrected chi connectivity index (χ3v) is 3.39. The zero-order valence-electron chi connectivity index (χ0n) is 10.6. The van der Waals surface area contributed by atoms with Crippen LogP contribution in [-0.4, -0.2) is 33.7 Å². The first-order chi connectivity index (χ1) is 8.60. The van der Waals surface area contributed by atoms with Gasteiger partial charge in [0, 0.05) is 19.5 Å². The van der Waals surface area contributed by atoms with E-state index in [2.05, 4.69) is 4.98 Å². The van der Waals surface area contributed by atoms with E-state index in [4.69, 9.17) is 5.11 Å². The molecule has 1 aromatic rings. The lowest BCUT2D eigenvalue weighted by Crippen LogP contribution is -2.35. The van der Waals surface area contributed by atoms with Gasteiger partial charge in [-0.2, -0.15) is 0 Å². The van der Waals surface area contributed by atoms with Crippen molar-refractivity contribution in [3.63, 3.8) is 0 Å². The number of hydrogen-bond donors (Lipinski definition) is 1. The number of anilines is 1. The summed E-state index contributed by atoms with van der Waals surface area (Å²) < 4.78 is 1.33. The van der Waals surface area contributed by atoms with Gasteiger partial charge < -0.3 is 10.0 Å². The van der Waals surface area contributed by atoms with Crippen molar-refractivity contribution >= 4 is 11.7 Å². The predicted molar refractivity (Wildman–Crippen MR) is 67.1 cm³/mol. The minimum Gasteiger partial charge on any atom is -0.480 e. The van der Waals surface area contributed by atoms with Gasteiger partial charge in [0.25, 0.3) is 5.56 Å². The number of rotatable bonds is 4. The molecule has 0 saturated heterocycles. The molecule has 98 valence electrons. The van der Waals surface area contributed by atoms with E-state index >= 15 is 0 Å². The quantitative estimate of drug-likeness (QED) is 0.850. The summed E-state index contributed by atoms with van der Waals surface area (Å²) >= 11 is 0. The lowest BCUT2D eigenvalue weighted by Gasteiger charge is -2.21. The topological polar surface area (TPSA) is 75.4 Å². The molecule has 0 unspecified atom stereocenters. The minimum atomic E-state index is -0.964. The molecule has 1 aromatic heterocycles. The van der Waals surface area contributed by atoms with Crippen LogP contribution in [0.5, 0.6) is 0 Å². The standard InChI is InChI=1S/C12H17N3O3/c1-3-14(4-2)9-7-13-10-6-5-8(12(17)18)15(10)11(9)16/h7-8H,3-6H2,1-2H3,(H,17,18)/t8-/m0/s1. The summed E-state index contributed by atoms with van der Waals surface area (Å²) in [7, 11) is 0. The van der Waals surface area contributed by atoms with Crippen LogP contribution in [0.2, 0.25) is 0 Å². The molecule has 0 fully saturated rings. The fourth-order valence-corrected chi connectivity index (χ4v) is 2.41. The third-order valence-electron chi connectivity index (χ3n) is 3.39. The van der Waals surface area contributed by atoms with Gasteiger partial charge in [-0.05, 0) is 20.3 Å². The van der Waals surface area contributed by atoms with Gasteiger partial charge >= 0.3 is 5.97 Å². The van der Waals surface area contributed by atoms with E-state index < -0.39 is 12.0 Å². The molecule has 0 spiro atoms. The molecule has 1 N–H and O–H groups in total. The Kier molecular flexibility index (Phi) is 3.36. The highest BCUT2D eigenvalue weighted by Crippen LogP contribution is 2.23. The average molecular weight is 251 g/mol. The summed E-state index contributed by atoms with van der Waals surface area (Å²) in [4.78, 5) is 29.6. The highest BCUT2D eigenvalue weighted by molar-refractivity contribution is 5.72. The molecule has 0 saturated carbocycles. The van der Waals surface area contributed by atoms with Gasteiger partial charge in [-0.1, -0.05) is 0 Å². The van der Waals surface area contributed by atoms with Gasteiger partial charge in [-0.25, -0.2) is 9.78 Å². The molecule has 1 aliphatic heterocycles. The van der Waals surface area contributed by atoms with Crippen LogP contribution in [0.25, 0.3) is 0 Å². The van der Waals surface area contributed by atoms with E-state index in [1.54, 1.807) is 6.20 Å². The lowest BCUT2D eigenvalue weighted by molar-refractivity contribution is -0.140. The van der Waals surface area contributed by atoms with Crippen LogP contribution in [0, 0.1) is 0 Å². The molecule has 0 aliphatic carbocycles. The highest BCUT2D eigenvalue weighted by Gasteiger charge is 2.31. The van der Waals surface area contributed by atoms with E-state index in [9.17, 15) is 9.59 Å². The number of aryl methyl sites for hydroxylation is 1. The Morgan fingerprint density at radius 3 is 2.78 bits per heavy atom. The summed E-state index contributed by atoms with van der Waals surface area (Å²) in [6, 6.07) is -0.768. The van der Waals surface area contributed by atoms with Crippen LogP contribution >= 0.6 is 0 Å². The van der Waals surface area contributed by atoms with Gasteiger partial charge in [-0.15, -0.1) is 0 Å². The Balaban J connectivity index is 2.53. The molecular formula is C12H17N3O3. The van der Waals surface area contributed by atoms with Gasteiger partial charge in [0.05, 0.1) is 6.20 Å². The first kappa shape index (κ1) is 12.6. The fourth-order valence-electron chi connectivity index (χ4n) is 2.41. The van der Waals surface area contributed by atoms with Crippen molar-refractivity contribution in [2.45, 2.75) is 32.7 Å². The maximum absolute atomic E-state index is 12.4. The van der Waals surface area contributed by atoms with Gasteiger partial charge in [-0.3, -0.25) is 9.36 Å². The van der Waals surface area contributed by atoms with Crippen molar-refractivity contribution in [1.82, 2.24) is 9.55 Å². The molecule has 0 radical (unpaired) electrons. The number of aliphatic carboxylic acids is 1. The summed E-state index contributed by atoms with van der Waals surface area (Å²) in [6.07, 6.45) is 2.55. The number of carboxylic acid groups (broad SMARTS) is 1. The number of nitrogens with zero attached hydrogens (tertiary/aromatic N) is 3. The Morgan fingerprint density at radius 1 is 1.56 bits per heavy atom. The monoisotopic (exact) mass is 251 g/mol. The zero-order valence-corrected chi connectivity index (χ0v) is 10.6. The van der Waals surface area contributed by atoms with E-state index in [0.29, 0.717) is 37.4 Å². The first-order valence-electron chi connectivity index (χ1n) is 6.18. The number of fused-ring (bicyclic) bond motifs is 1. The maximum atomic E-state index is 12.4. The number of aromatic nitrogens is 2. The lowest BCUT2D eigenvalue weighted by atomic mass is 10.2. The molecule has 6 nitrogen and oxygen atoms in total.